The zero-order chi connectivity index (χ0) is 15.5. The van der Waals surface area contributed by atoms with Gasteiger partial charge in [-0.1, -0.05) is 32.9 Å². The molecule has 0 fully saturated rings. The molecule has 5 heteroatoms. The number of furan rings is 1. The molecule has 0 atom stereocenters. The summed E-state index contributed by atoms with van der Waals surface area (Å²) in [6.07, 6.45) is 0. The highest BCUT2D eigenvalue weighted by Crippen LogP contribution is 2.26. The van der Waals surface area contributed by atoms with Crippen LogP contribution in [0.3, 0.4) is 0 Å². The van der Waals surface area contributed by atoms with E-state index in [-0.39, 0.29) is 17.8 Å². The van der Waals surface area contributed by atoms with E-state index in [4.69, 9.17) is 15.0 Å². The van der Waals surface area contributed by atoms with Crippen LogP contribution in [0.25, 0.3) is 0 Å². The van der Waals surface area contributed by atoms with Crippen molar-refractivity contribution in [3.8, 4) is 5.75 Å². The fourth-order valence-electron chi connectivity index (χ4n) is 1.86. The fourth-order valence-corrected chi connectivity index (χ4v) is 1.86. The van der Waals surface area contributed by atoms with Gasteiger partial charge in [-0.2, -0.15) is 0 Å². The van der Waals surface area contributed by atoms with Gasteiger partial charge >= 0.3 is 5.91 Å². The summed E-state index contributed by atoms with van der Waals surface area (Å²) in [5.41, 5.74) is 3.28. The first-order chi connectivity index (χ1) is 9.90. The van der Waals surface area contributed by atoms with Crippen molar-refractivity contribution >= 4 is 5.91 Å². The summed E-state index contributed by atoms with van der Waals surface area (Å²) >= 11 is 0. The van der Waals surface area contributed by atoms with Crippen molar-refractivity contribution in [1.82, 2.24) is 5.43 Å². The summed E-state index contributed by atoms with van der Waals surface area (Å²) in [5, 5.41) is 0. The summed E-state index contributed by atoms with van der Waals surface area (Å²) in [6.45, 7) is 6.70. The van der Waals surface area contributed by atoms with Crippen LogP contribution in [0, 0.1) is 0 Å². The van der Waals surface area contributed by atoms with Gasteiger partial charge in [-0.05, 0) is 35.2 Å². The molecular weight excluding hydrogens is 268 g/mol. The molecule has 0 unspecified atom stereocenters. The van der Waals surface area contributed by atoms with Gasteiger partial charge in [0.1, 0.15) is 18.1 Å². The third-order valence-electron chi connectivity index (χ3n) is 3.10. The maximum Gasteiger partial charge on any atom is 0.300 e. The van der Waals surface area contributed by atoms with E-state index >= 15 is 0 Å². The normalized spacial score (nSPS) is 11.2. The Hall–Kier alpha value is -2.27. The molecule has 1 amide bonds. The molecule has 1 heterocycles. The van der Waals surface area contributed by atoms with Crippen LogP contribution in [0.1, 0.15) is 42.6 Å². The van der Waals surface area contributed by atoms with Crippen molar-refractivity contribution in [2.45, 2.75) is 32.8 Å². The van der Waals surface area contributed by atoms with Crippen LogP contribution in [0.5, 0.6) is 5.75 Å². The van der Waals surface area contributed by atoms with E-state index in [9.17, 15) is 4.79 Å². The molecule has 0 saturated carbocycles. The molecule has 1 aromatic heterocycles. The average molecular weight is 288 g/mol. The molecule has 2 rings (SSSR count). The van der Waals surface area contributed by atoms with Gasteiger partial charge in [0.15, 0.2) is 5.76 Å². The van der Waals surface area contributed by atoms with E-state index in [0.717, 1.165) is 5.75 Å². The lowest BCUT2D eigenvalue weighted by Gasteiger charge is -2.19. The summed E-state index contributed by atoms with van der Waals surface area (Å²) in [4.78, 5) is 11.3. The van der Waals surface area contributed by atoms with Crippen LogP contribution in [0.15, 0.2) is 40.8 Å². The van der Waals surface area contributed by atoms with Crippen molar-refractivity contribution in [3.63, 3.8) is 0 Å². The van der Waals surface area contributed by atoms with Gasteiger partial charge in [-0.25, -0.2) is 5.84 Å². The number of ether oxygens (including phenoxy) is 1. The number of carbonyl (C=O) groups excluding carboxylic acids is 1. The number of nitrogens with two attached hydrogens (primary N) is 1. The number of nitrogens with one attached hydrogen (secondary N) is 1. The number of amides is 1. The zero-order valence-electron chi connectivity index (χ0n) is 12.5. The lowest BCUT2D eigenvalue weighted by molar-refractivity contribution is 0.0922. The minimum Gasteiger partial charge on any atom is -0.486 e. The molecule has 0 aliphatic heterocycles. The molecule has 3 N–H and O–H groups in total. The predicted molar refractivity (Wildman–Crippen MR) is 79.8 cm³/mol. The third-order valence-corrected chi connectivity index (χ3v) is 3.10. The Morgan fingerprint density at radius 2 is 2.05 bits per heavy atom. The Balaban J connectivity index is 2.03. The standard InChI is InChI=1S/C16H20N2O3/c1-16(2,3)11-5-4-6-12(9-11)20-10-13-7-8-14(21-13)15(19)18-17/h4-9H,10,17H2,1-3H3,(H,18,19). The third kappa shape index (κ3) is 3.86. The average Bonchev–Trinajstić information content (AvgIpc) is 2.92. The molecule has 5 nitrogen and oxygen atoms in total. The quantitative estimate of drug-likeness (QED) is 0.515. The number of carbonyl (C=O) groups is 1. The van der Waals surface area contributed by atoms with E-state index in [1.807, 2.05) is 23.6 Å². The summed E-state index contributed by atoms with van der Waals surface area (Å²) in [6, 6.07) is 11.2. The first kappa shape index (κ1) is 15.1. The van der Waals surface area contributed by atoms with Gasteiger partial charge in [-0.3, -0.25) is 10.2 Å². The molecule has 112 valence electrons. The maximum atomic E-state index is 11.3. The molecule has 0 radical (unpaired) electrons. The monoisotopic (exact) mass is 288 g/mol. The lowest BCUT2D eigenvalue weighted by Crippen LogP contribution is -2.29. The number of hydrogen-bond acceptors (Lipinski definition) is 4. The highest BCUT2D eigenvalue weighted by Gasteiger charge is 2.14. The Labute approximate surface area is 124 Å². The molecule has 1 aromatic carbocycles. The zero-order valence-corrected chi connectivity index (χ0v) is 12.5. The Kier molecular flexibility index (Phi) is 4.33. The van der Waals surface area contributed by atoms with Crippen molar-refractivity contribution < 1.29 is 13.9 Å². The second kappa shape index (κ2) is 6.01. The summed E-state index contributed by atoms with van der Waals surface area (Å²) < 4.78 is 11.0. The van der Waals surface area contributed by atoms with Crippen molar-refractivity contribution in [2.75, 3.05) is 0 Å². The minimum absolute atomic E-state index is 0.0659. The topological polar surface area (TPSA) is 77.5 Å². The molecule has 2 aromatic rings. The van der Waals surface area contributed by atoms with Crippen LogP contribution >= 0.6 is 0 Å². The van der Waals surface area contributed by atoms with Crippen molar-refractivity contribution in [3.05, 3.63) is 53.5 Å². The van der Waals surface area contributed by atoms with Gasteiger partial charge in [0.2, 0.25) is 0 Å². The van der Waals surface area contributed by atoms with Gasteiger partial charge in [0, 0.05) is 0 Å². The van der Waals surface area contributed by atoms with Crippen molar-refractivity contribution in [2.24, 2.45) is 5.84 Å². The first-order valence-electron chi connectivity index (χ1n) is 6.73. The first-order valence-corrected chi connectivity index (χ1v) is 6.73. The molecule has 0 bridgehead atoms. The van der Waals surface area contributed by atoms with Crippen LogP contribution in [-0.4, -0.2) is 5.91 Å². The number of benzene rings is 1. The van der Waals surface area contributed by atoms with Crippen LogP contribution in [-0.2, 0) is 12.0 Å². The van der Waals surface area contributed by atoms with E-state index in [2.05, 4.69) is 26.8 Å². The number of rotatable bonds is 4. The Morgan fingerprint density at radius 3 is 2.71 bits per heavy atom. The van der Waals surface area contributed by atoms with Gasteiger partial charge in [-0.15, -0.1) is 0 Å². The fraction of sp³-hybridized carbons (Fsp3) is 0.312. The van der Waals surface area contributed by atoms with E-state index in [1.54, 1.807) is 12.1 Å². The molecule has 0 spiro atoms. The second-order valence-electron chi connectivity index (χ2n) is 5.81. The van der Waals surface area contributed by atoms with E-state index in [1.165, 1.54) is 5.56 Å². The second-order valence-corrected chi connectivity index (χ2v) is 5.81. The van der Waals surface area contributed by atoms with Gasteiger partial charge in [0.05, 0.1) is 0 Å². The van der Waals surface area contributed by atoms with Crippen LogP contribution in [0.4, 0.5) is 0 Å². The van der Waals surface area contributed by atoms with Crippen LogP contribution in [0.2, 0.25) is 0 Å². The molecule has 0 aliphatic carbocycles. The Bertz CT molecular complexity index is 626. The van der Waals surface area contributed by atoms with Gasteiger partial charge in [0.25, 0.3) is 0 Å². The Morgan fingerprint density at radius 1 is 1.29 bits per heavy atom. The number of hydrazine groups is 1. The maximum absolute atomic E-state index is 11.3. The summed E-state index contributed by atoms with van der Waals surface area (Å²) in [5.74, 6) is 6.08. The van der Waals surface area contributed by atoms with Crippen LogP contribution < -0.4 is 16.0 Å². The predicted octanol–water partition coefficient (Wildman–Crippen LogP) is 2.76. The highest BCUT2D eigenvalue weighted by atomic mass is 16.5. The highest BCUT2D eigenvalue weighted by molar-refractivity contribution is 5.90. The molecule has 21 heavy (non-hydrogen) atoms. The van der Waals surface area contributed by atoms with Crippen molar-refractivity contribution in [1.29, 1.82) is 0 Å². The minimum atomic E-state index is -0.462. The molecular formula is C16H20N2O3. The largest absolute Gasteiger partial charge is 0.486 e. The number of nitrogen functional groups attached to an aromatic ring is 1. The van der Waals surface area contributed by atoms with E-state index < -0.39 is 5.91 Å². The smallest absolute Gasteiger partial charge is 0.300 e. The SMILES string of the molecule is CC(C)(C)c1cccc(OCc2ccc(C(=O)NN)o2)c1. The lowest BCUT2D eigenvalue weighted by atomic mass is 9.87. The number of hydrogen-bond donors (Lipinski definition) is 2. The molecule has 0 saturated heterocycles. The van der Waals surface area contributed by atoms with E-state index in [0.29, 0.717) is 5.76 Å². The van der Waals surface area contributed by atoms with Gasteiger partial charge < -0.3 is 9.15 Å². The summed E-state index contributed by atoms with van der Waals surface area (Å²) in [7, 11) is 0. The molecule has 0 aliphatic rings.